The van der Waals surface area contributed by atoms with Gasteiger partial charge in [0.15, 0.2) is 6.10 Å². The van der Waals surface area contributed by atoms with Gasteiger partial charge in [0.25, 0.3) is 0 Å². The molecule has 0 aromatic heterocycles. The summed E-state index contributed by atoms with van der Waals surface area (Å²) in [5, 5.41) is 49.7. The Morgan fingerprint density at radius 3 is 1.88 bits per heavy atom. The standard InChI is InChI=1S/C46H83O13P/c1-3-5-7-8-9-10-11-12-13-14-15-16-17-18-19-20-26-30-46(53)59-40(37-58-60(54,55)57-35-39(49)34-47)36-56-45(52)29-25-22-21-24-28-41-42(44(51)33-43(41)50)32-31-38(48)27-23-6-4-2/h12-13,21,24,31-32,38-44,47-51H,3-11,14-20,22-23,25-30,33-37H2,1-2H3,(H,54,55)/b13-12-,24-21+,32-31+/t38-,39-,40+,41+,42+,43-,44+/m0/s1. The van der Waals surface area contributed by atoms with Gasteiger partial charge in [0.1, 0.15) is 12.7 Å². The molecule has 1 aliphatic carbocycles. The number of phosphoric ester groups is 1. The molecule has 0 aromatic carbocycles. The van der Waals surface area contributed by atoms with E-state index in [9.17, 15) is 39.5 Å². The van der Waals surface area contributed by atoms with Crippen LogP contribution in [0.5, 0.6) is 0 Å². The lowest BCUT2D eigenvalue weighted by molar-refractivity contribution is -0.161. The highest BCUT2D eigenvalue weighted by Crippen LogP contribution is 2.43. The van der Waals surface area contributed by atoms with Crippen LogP contribution in [0, 0.1) is 11.8 Å². The van der Waals surface area contributed by atoms with E-state index in [2.05, 4.69) is 30.5 Å². The molecule has 14 heteroatoms. The molecule has 0 aliphatic heterocycles. The van der Waals surface area contributed by atoms with Gasteiger partial charge in [0.05, 0.1) is 38.1 Å². The van der Waals surface area contributed by atoms with Gasteiger partial charge in [-0.25, -0.2) is 4.57 Å². The predicted octanol–water partition coefficient (Wildman–Crippen LogP) is 8.72. The molecule has 0 bridgehead atoms. The maximum Gasteiger partial charge on any atom is 0.472 e. The minimum Gasteiger partial charge on any atom is -0.462 e. The Morgan fingerprint density at radius 2 is 1.23 bits per heavy atom. The summed E-state index contributed by atoms with van der Waals surface area (Å²) in [4.78, 5) is 35.2. The van der Waals surface area contributed by atoms with Crippen LogP contribution in [0.25, 0.3) is 0 Å². The Kier molecular flexibility index (Phi) is 34.2. The van der Waals surface area contributed by atoms with E-state index in [4.69, 9.17) is 19.1 Å². The van der Waals surface area contributed by atoms with E-state index in [1.165, 1.54) is 57.8 Å². The van der Waals surface area contributed by atoms with Gasteiger partial charge in [-0.1, -0.05) is 134 Å². The fourth-order valence-electron chi connectivity index (χ4n) is 7.16. The van der Waals surface area contributed by atoms with E-state index in [-0.39, 0.29) is 31.1 Å². The largest absolute Gasteiger partial charge is 0.472 e. The molecule has 0 spiro atoms. The monoisotopic (exact) mass is 875 g/mol. The van der Waals surface area contributed by atoms with Crippen molar-refractivity contribution < 1.29 is 63.1 Å². The lowest BCUT2D eigenvalue weighted by Gasteiger charge is -2.20. The first-order chi connectivity index (χ1) is 28.9. The van der Waals surface area contributed by atoms with Gasteiger partial charge in [-0.2, -0.15) is 0 Å². The molecule has 1 fully saturated rings. The SMILES string of the molecule is CCCCCCCC/C=C\CCCCCCCCCC(=O)O[C@H](COC(=O)CCC/C=C/C[C@@H]1[C@@H](/C=C/[C@@H](O)CCCCC)[C@H](O)C[C@@H]1O)COP(=O)(O)OC[C@@H](O)CO. The van der Waals surface area contributed by atoms with Crippen molar-refractivity contribution in [1.82, 2.24) is 0 Å². The normalized spacial score (nSPS) is 20.9. The molecule has 1 unspecified atom stereocenters. The molecule has 350 valence electrons. The van der Waals surface area contributed by atoms with Gasteiger partial charge in [0.2, 0.25) is 0 Å². The molecule has 13 nitrogen and oxygen atoms in total. The zero-order valence-electron chi connectivity index (χ0n) is 37.0. The highest BCUT2D eigenvalue weighted by atomic mass is 31.2. The molecule has 0 radical (unpaired) electrons. The Labute approximate surface area is 361 Å². The maximum atomic E-state index is 12.7. The molecule has 1 rings (SSSR count). The summed E-state index contributed by atoms with van der Waals surface area (Å²) in [7, 11) is -4.68. The minimum atomic E-state index is -4.68. The summed E-state index contributed by atoms with van der Waals surface area (Å²) < 4.78 is 32.7. The second kappa shape index (κ2) is 36.5. The Hall–Kier alpha value is -1.93. The summed E-state index contributed by atoms with van der Waals surface area (Å²) in [6, 6.07) is 0. The number of hydrogen-bond donors (Lipinski definition) is 6. The number of esters is 2. The summed E-state index contributed by atoms with van der Waals surface area (Å²) in [5.74, 6) is -1.56. The third-order valence-corrected chi connectivity index (χ3v) is 11.8. The molecule has 60 heavy (non-hydrogen) atoms. The van der Waals surface area contributed by atoms with Gasteiger partial charge in [-0.15, -0.1) is 0 Å². The van der Waals surface area contributed by atoms with Crippen LogP contribution in [0.1, 0.15) is 174 Å². The smallest absolute Gasteiger partial charge is 0.462 e. The molecule has 0 heterocycles. The number of hydrogen-bond acceptors (Lipinski definition) is 12. The van der Waals surface area contributed by atoms with Crippen LogP contribution in [0.3, 0.4) is 0 Å². The van der Waals surface area contributed by atoms with Crippen molar-refractivity contribution in [2.24, 2.45) is 11.8 Å². The number of allylic oxidation sites excluding steroid dienone is 4. The lowest BCUT2D eigenvalue weighted by Crippen LogP contribution is -2.29. The number of phosphoric acid groups is 1. The zero-order chi connectivity index (χ0) is 44.3. The summed E-state index contributed by atoms with van der Waals surface area (Å²) in [6.07, 6.45) is 30.6. The first kappa shape index (κ1) is 56.1. The van der Waals surface area contributed by atoms with E-state index in [0.717, 1.165) is 51.4 Å². The highest BCUT2D eigenvalue weighted by Gasteiger charge is 2.39. The number of ether oxygens (including phenoxy) is 2. The topological polar surface area (TPSA) is 210 Å². The molecule has 1 aliphatic rings. The van der Waals surface area contributed by atoms with Crippen LogP contribution in [0.4, 0.5) is 0 Å². The second-order valence-electron chi connectivity index (χ2n) is 16.4. The van der Waals surface area contributed by atoms with Gasteiger partial charge in [0, 0.05) is 25.2 Å². The minimum absolute atomic E-state index is 0.0640. The van der Waals surface area contributed by atoms with E-state index in [1.54, 1.807) is 6.08 Å². The van der Waals surface area contributed by atoms with E-state index in [1.807, 2.05) is 18.2 Å². The number of unbranched alkanes of at least 4 members (excludes halogenated alkanes) is 16. The van der Waals surface area contributed by atoms with Crippen LogP contribution in [-0.2, 0) is 32.7 Å². The molecular weight excluding hydrogens is 791 g/mol. The predicted molar refractivity (Wildman–Crippen MR) is 235 cm³/mol. The zero-order valence-corrected chi connectivity index (χ0v) is 37.9. The fourth-order valence-corrected chi connectivity index (χ4v) is 7.95. The van der Waals surface area contributed by atoms with Crippen molar-refractivity contribution in [3.05, 3.63) is 36.5 Å². The number of aliphatic hydroxyl groups is 5. The highest BCUT2D eigenvalue weighted by molar-refractivity contribution is 7.47. The first-order valence-electron chi connectivity index (χ1n) is 23.2. The number of rotatable bonds is 39. The summed E-state index contributed by atoms with van der Waals surface area (Å²) in [5.41, 5.74) is 0. The molecule has 6 N–H and O–H groups in total. The average molecular weight is 875 g/mol. The summed E-state index contributed by atoms with van der Waals surface area (Å²) >= 11 is 0. The third kappa shape index (κ3) is 30.2. The van der Waals surface area contributed by atoms with Crippen molar-refractivity contribution in [1.29, 1.82) is 0 Å². The van der Waals surface area contributed by atoms with Gasteiger partial charge < -0.3 is 39.9 Å². The molecule has 0 saturated heterocycles. The van der Waals surface area contributed by atoms with Gasteiger partial charge in [-0.3, -0.25) is 18.6 Å². The van der Waals surface area contributed by atoms with Crippen molar-refractivity contribution in [3.8, 4) is 0 Å². The lowest BCUT2D eigenvalue weighted by atomic mass is 9.89. The Morgan fingerprint density at radius 1 is 0.683 bits per heavy atom. The van der Waals surface area contributed by atoms with E-state index in [0.29, 0.717) is 32.1 Å². The van der Waals surface area contributed by atoms with Crippen LogP contribution in [0.15, 0.2) is 36.5 Å². The van der Waals surface area contributed by atoms with E-state index >= 15 is 0 Å². The molecule has 0 aromatic rings. The van der Waals surface area contributed by atoms with Crippen LogP contribution >= 0.6 is 7.82 Å². The maximum absolute atomic E-state index is 12.7. The van der Waals surface area contributed by atoms with Crippen LogP contribution in [-0.4, -0.2) is 99.3 Å². The second-order valence-corrected chi connectivity index (χ2v) is 17.8. The summed E-state index contributed by atoms with van der Waals surface area (Å²) in [6.45, 7) is 2.00. The quantitative estimate of drug-likeness (QED) is 0.0148. The Balaban J connectivity index is 2.44. The number of carbonyl (C=O) groups is 2. The van der Waals surface area contributed by atoms with Crippen molar-refractivity contribution in [2.75, 3.05) is 26.4 Å². The van der Waals surface area contributed by atoms with Crippen molar-refractivity contribution >= 4 is 19.8 Å². The van der Waals surface area contributed by atoms with Crippen LogP contribution < -0.4 is 0 Å². The molecule has 8 atom stereocenters. The van der Waals surface area contributed by atoms with Crippen molar-refractivity contribution in [2.45, 2.75) is 205 Å². The van der Waals surface area contributed by atoms with Crippen molar-refractivity contribution in [3.63, 3.8) is 0 Å². The molecule has 0 amide bonds. The third-order valence-electron chi connectivity index (χ3n) is 10.8. The number of carbonyl (C=O) groups excluding carboxylic acids is 2. The molecule has 1 saturated carbocycles. The average Bonchev–Trinajstić information content (AvgIpc) is 3.49. The Bertz CT molecular complexity index is 1210. The van der Waals surface area contributed by atoms with Gasteiger partial charge in [-0.05, 0) is 63.7 Å². The van der Waals surface area contributed by atoms with Gasteiger partial charge >= 0.3 is 19.8 Å². The first-order valence-corrected chi connectivity index (χ1v) is 24.7. The fraction of sp³-hybridized carbons (Fsp3) is 0.826. The number of aliphatic hydroxyl groups excluding tert-OH is 5. The molecular formula is C46H83O13P. The van der Waals surface area contributed by atoms with E-state index < -0.39 is 76.7 Å². The van der Waals surface area contributed by atoms with Crippen LogP contribution in [0.2, 0.25) is 0 Å².